The Morgan fingerprint density at radius 3 is 2.88 bits per heavy atom. The van der Waals surface area contributed by atoms with Crippen molar-refractivity contribution >= 4 is 5.91 Å². The zero-order valence-corrected chi connectivity index (χ0v) is 9.06. The Bertz CT molecular complexity index is 362. The lowest BCUT2D eigenvalue weighted by Gasteiger charge is -2.26. The van der Waals surface area contributed by atoms with E-state index in [2.05, 4.69) is 20.8 Å². The number of nitrogens with zero attached hydrogens (tertiary/aromatic N) is 2. The Morgan fingerprint density at radius 1 is 1.56 bits per heavy atom. The summed E-state index contributed by atoms with van der Waals surface area (Å²) in [5.74, 6) is 0.242. The minimum absolute atomic E-state index is 0.171. The van der Waals surface area contributed by atoms with Gasteiger partial charge >= 0.3 is 0 Å². The largest absolute Gasteiger partial charge is 0.471 e. The van der Waals surface area contributed by atoms with E-state index < -0.39 is 0 Å². The monoisotopic (exact) mass is 222 g/mol. The Hall–Kier alpha value is -1.69. The van der Waals surface area contributed by atoms with E-state index in [1.165, 1.54) is 0 Å². The van der Waals surface area contributed by atoms with Gasteiger partial charge in [0.1, 0.15) is 6.10 Å². The summed E-state index contributed by atoms with van der Waals surface area (Å²) in [6, 6.07) is 3.27. The quantitative estimate of drug-likeness (QED) is 0.723. The van der Waals surface area contributed by atoms with Gasteiger partial charge in [-0.2, -0.15) is 0 Å². The van der Waals surface area contributed by atoms with Crippen molar-refractivity contribution in [2.24, 2.45) is 0 Å². The van der Waals surface area contributed by atoms with Crippen LogP contribution in [0.2, 0.25) is 0 Å². The van der Waals surface area contributed by atoms with Gasteiger partial charge in [-0.25, -0.2) is 0 Å². The van der Waals surface area contributed by atoms with Crippen LogP contribution in [0.15, 0.2) is 12.1 Å². The molecule has 0 aliphatic carbocycles. The van der Waals surface area contributed by atoms with E-state index in [1.807, 2.05) is 6.92 Å². The summed E-state index contributed by atoms with van der Waals surface area (Å²) in [5, 5.41) is 13.4. The van der Waals surface area contributed by atoms with Gasteiger partial charge in [-0.15, -0.1) is 10.2 Å². The van der Waals surface area contributed by atoms with Gasteiger partial charge in [0.25, 0.3) is 5.91 Å². The van der Waals surface area contributed by atoms with Crippen LogP contribution in [0.4, 0.5) is 0 Å². The SMILES string of the molecule is CCNC(=O)c1ccc(OC2CNC2)nn1. The molecular weight excluding hydrogens is 208 g/mol. The molecule has 0 saturated carbocycles. The lowest BCUT2D eigenvalue weighted by atomic mass is 10.2. The summed E-state index contributed by atoms with van der Waals surface area (Å²) >= 11 is 0. The zero-order valence-electron chi connectivity index (χ0n) is 9.06. The third kappa shape index (κ3) is 2.46. The number of aromatic nitrogens is 2. The van der Waals surface area contributed by atoms with Crippen molar-refractivity contribution in [2.45, 2.75) is 13.0 Å². The molecule has 16 heavy (non-hydrogen) atoms. The van der Waals surface area contributed by atoms with E-state index in [0.717, 1.165) is 13.1 Å². The first-order chi connectivity index (χ1) is 7.79. The van der Waals surface area contributed by atoms with Gasteiger partial charge in [-0.05, 0) is 13.0 Å². The molecule has 0 spiro atoms. The lowest BCUT2D eigenvalue weighted by Crippen LogP contribution is -2.50. The maximum absolute atomic E-state index is 11.4. The molecule has 1 amide bonds. The van der Waals surface area contributed by atoms with Gasteiger partial charge in [0.15, 0.2) is 5.69 Å². The van der Waals surface area contributed by atoms with E-state index in [4.69, 9.17) is 4.74 Å². The molecule has 1 aliphatic heterocycles. The highest BCUT2D eigenvalue weighted by molar-refractivity contribution is 5.91. The topological polar surface area (TPSA) is 76.1 Å². The average Bonchev–Trinajstić information content (AvgIpc) is 2.25. The molecule has 1 aromatic heterocycles. The van der Waals surface area contributed by atoms with Gasteiger partial charge in [0, 0.05) is 25.7 Å². The first-order valence-electron chi connectivity index (χ1n) is 5.29. The van der Waals surface area contributed by atoms with Crippen LogP contribution in [0.5, 0.6) is 5.88 Å². The minimum atomic E-state index is -0.216. The molecule has 2 heterocycles. The summed E-state index contributed by atoms with van der Waals surface area (Å²) < 4.78 is 5.48. The van der Waals surface area contributed by atoms with E-state index in [1.54, 1.807) is 12.1 Å². The standard InChI is InChI=1S/C10H14N4O2/c1-2-12-10(15)8-3-4-9(14-13-8)16-7-5-11-6-7/h3-4,7,11H,2,5-6H2,1H3,(H,12,15). The fraction of sp³-hybridized carbons (Fsp3) is 0.500. The molecule has 0 radical (unpaired) electrons. The molecule has 2 N–H and O–H groups in total. The first-order valence-corrected chi connectivity index (χ1v) is 5.29. The van der Waals surface area contributed by atoms with Gasteiger partial charge in [0.2, 0.25) is 5.88 Å². The molecule has 0 bridgehead atoms. The fourth-order valence-electron chi connectivity index (χ4n) is 1.27. The maximum Gasteiger partial charge on any atom is 0.271 e. The Labute approximate surface area is 93.4 Å². The van der Waals surface area contributed by atoms with Crippen molar-refractivity contribution in [3.63, 3.8) is 0 Å². The Kier molecular flexibility index (Phi) is 3.31. The van der Waals surface area contributed by atoms with Crippen LogP contribution >= 0.6 is 0 Å². The van der Waals surface area contributed by atoms with Crippen molar-refractivity contribution in [3.8, 4) is 5.88 Å². The zero-order chi connectivity index (χ0) is 11.4. The van der Waals surface area contributed by atoms with Gasteiger partial charge in [0.05, 0.1) is 0 Å². The van der Waals surface area contributed by atoms with Crippen LogP contribution in [0, 0.1) is 0 Å². The van der Waals surface area contributed by atoms with Crippen molar-refractivity contribution in [2.75, 3.05) is 19.6 Å². The van der Waals surface area contributed by atoms with Gasteiger partial charge < -0.3 is 15.4 Å². The number of carbonyl (C=O) groups is 1. The average molecular weight is 222 g/mol. The summed E-state index contributed by atoms with van der Waals surface area (Å²) in [5.41, 5.74) is 0.306. The number of amides is 1. The highest BCUT2D eigenvalue weighted by Crippen LogP contribution is 2.09. The van der Waals surface area contributed by atoms with Crippen LogP contribution in [0.1, 0.15) is 17.4 Å². The Morgan fingerprint density at radius 2 is 2.38 bits per heavy atom. The number of ether oxygens (including phenoxy) is 1. The molecule has 2 rings (SSSR count). The van der Waals surface area contributed by atoms with E-state index >= 15 is 0 Å². The van der Waals surface area contributed by atoms with Crippen LogP contribution < -0.4 is 15.4 Å². The molecule has 1 fully saturated rings. The lowest BCUT2D eigenvalue weighted by molar-refractivity contribution is 0.0948. The number of nitrogens with one attached hydrogen (secondary N) is 2. The first kappa shape index (κ1) is 10.8. The fourth-order valence-corrected chi connectivity index (χ4v) is 1.27. The normalized spacial score (nSPS) is 15.3. The summed E-state index contributed by atoms with van der Waals surface area (Å²) in [6.07, 6.45) is 0.171. The van der Waals surface area contributed by atoms with Crippen molar-refractivity contribution < 1.29 is 9.53 Å². The second-order valence-corrected chi connectivity index (χ2v) is 3.51. The van der Waals surface area contributed by atoms with E-state index in [9.17, 15) is 4.79 Å². The number of hydrogen-bond acceptors (Lipinski definition) is 5. The molecule has 86 valence electrons. The number of hydrogen-bond donors (Lipinski definition) is 2. The van der Waals surface area contributed by atoms with Gasteiger partial charge in [-0.3, -0.25) is 4.79 Å². The van der Waals surface area contributed by atoms with Crippen molar-refractivity contribution in [3.05, 3.63) is 17.8 Å². The van der Waals surface area contributed by atoms with Crippen molar-refractivity contribution in [1.82, 2.24) is 20.8 Å². The molecule has 1 aromatic rings. The number of carbonyl (C=O) groups excluding carboxylic acids is 1. The molecular formula is C10H14N4O2. The van der Waals surface area contributed by atoms with Gasteiger partial charge in [-0.1, -0.05) is 0 Å². The molecule has 0 unspecified atom stereocenters. The highest BCUT2D eigenvalue weighted by Gasteiger charge is 2.19. The molecule has 1 saturated heterocycles. The van der Waals surface area contributed by atoms with E-state index in [0.29, 0.717) is 18.1 Å². The summed E-state index contributed by atoms with van der Waals surface area (Å²) in [4.78, 5) is 11.4. The molecule has 0 atom stereocenters. The molecule has 0 aromatic carbocycles. The molecule has 1 aliphatic rings. The van der Waals surface area contributed by atoms with Crippen LogP contribution in [-0.4, -0.2) is 41.8 Å². The molecule has 6 nitrogen and oxygen atoms in total. The molecule has 6 heteroatoms. The maximum atomic E-state index is 11.4. The number of rotatable bonds is 4. The second kappa shape index (κ2) is 4.89. The van der Waals surface area contributed by atoms with Crippen LogP contribution in [0.3, 0.4) is 0 Å². The predicted octanol–water partition coefficient (Wildman–Crippen LogP) is -0.423. The van der Waals surface area contributed by atoms with Crippen LogP contribution in [-0.2, 0) is 0 Å². The highest BCUT2D eigenvalue weighted by atomic mass is 16.5. The second-order valence-electron chi connectivity index (χ2n) is 3.51. The summed E-state index contributed by atoms with van der Waals surface area (Å²) in [7, 11) is 0. The third-order valence-electron chi connectivity index (χ3n) is 2.24. The predicted molar refractivity (Wildman–Crippen MR) is 57.3 cm³/mol. The Balaban J connectivity index is 1.95. The smallest absolute Gasteiger partial charge is 0.271 e. The van der Waals surface area contributed by atoms with Crippen LogP contribution in [0.25, 0.3) is 0 Å². The summed E-state index contributed by atoms with van der Waals surface area (Å²) in [6.45, 7) is 4.10. The van der Waals surface area contributed by atoms with E-state index in [-0.39, 0.29) is 12.0 Å². The third-order valence-corrected chi connectivity index (χ3v) is 2.24. The minimum Gasteiger partial charge on any atom is -0.471 e. The van der Waals surface area contributed by atoms with Crippen molar-refractivity contribution in [1.29, 1.82) is 0 Å².